The predicted octanol–water partition coefficient (Wildman–Crippen LogP) is 4.50. The second kappa shape index (κ2) is 11.7. The molecule has 0 saturated carbocycles. The van der Waals surface area contributed by atoms with Crippen LogP contribution >= 0.6 is 15.9 Å². The van der Waals surface area contributed by atoms with Crippen molar-refractivity contribution in [2.75, 3.05) is 26.2 Å². The molecular formula is C17H24BrNO6. The van der Waals surface area contributed by atoms with Gasteiger partial charge in [-0.1, -0.05) is 41.6 Å². The van der Waals surface area contributed by atoms with Crippen molar-refractivity contribution in [2.24, 2.45) is 0 Å². The van der Waals surface area contributed by atoms with E-state index < -0.39 is 10.9 Å². The highest BCUT2D eigenvalue weighted by Crippen LogP contribution is 2.35. The van der Waals surface area contributed by atoms with Gasteiger partial charge >= 0.3 is 5.97 Å². The molecule has 0 amide bonds. The molecule has 0 spiro atoms. The smallest absolute Gasteiger partial charge is 0.345 e. The van der Waals surface area contributed by atoms with Gasteiger partial charge in [-0.2, -0.15) is 0 Å². The van der Waals surface area contributed by atoms with Crippen LogP contribution < -0.4 is 9.47 Å². The predicted molar refractivity (Wildman–Crippen MR) is 98.0 cm³/mol. The topological polar surface area (TPSA) is 87.9 Å². The van der Waals surface area contributed by atoms with E-state index in [-0.39, 0.29) is 22.7 Å². The van der Waals surface area contributed by atoms with E-state index in [1.807, 2.05) is 0 Å². The standard InChI is InChI=1S/C17H24BrNO6/c1-23-15-11-13(17(20)24-2)14(19(21)22)12-16(15)25-10-8-6-4-3-5-7-9-18/h11-12H,3-10H2,1-2H3. The number of unbranched alkanes of at least 4 members (excludes halogenated alkanes) is 5. The van der Waals surface area contributed by atoms with Crippen molar-refractivity contribution in [3.63, 3.8) is 0 Å². The first kappa shape index (κ1) is 21.2. The summed E-state index contributed by atoms with van der Waals surface area (Å²) in [5, 5.41) is 12.2. The molecule has 0 aromatic heterocycles. The van der Waals surface area contributed by atoms with Crippen LogP contribution in [-0.4, -0.2) is 37.0 Å². The summed E-state index contributed by atoms with van der Waals surface area (Å²) in [4.78, 5) is 22.3. The SMILES string of the molecule is COC(=O)c1cc(OC)c(OCCCCCCCCBr)cc1[N+](=O)[O-]. The number of benzene rings is 1. The van der Waals surface area contributed by atoms with Gasteiger partial charge in [0.15, 0.2) is 11.5 Å². The molecule has 0 bridgehead atoms. The Kier molecular flexibility index (Phi) is 9.91. The van der Waals surface area contributed by atoms with E-state index in [0.717, 1.165) is 24.6 Å². The molecule has 0 saturated heterocycles. The van der Waals surface area contributed by atoms with Gasteiger partial charge in [-0.15, -0.1) is 0 Å². The number of carbonyl (C=O) groups excluding carboxylic acids is 1. The van der Waals surface area contributed by atoms with Crippen molar-refractivity contribution in [3.05, 3.63) is 27.8 Å². The zero-order valence-corrected chi connectivity index (χ0v) is 16.2. The van der Waals surface area contributed by atoms with E-state index in [9.17, 15) is 14.9 Å². The molecule has 25 heavy (non-hydrogen) atoms. The van der Waals surface area contributed by atoms with Gasteiger partial charge in [-0.05, 0) is 12.8 Å². The fraction of sp³-hybridized carbons (Fsp3) is 0.588. The number of nitro groups is 1. The van der Waals surface area contributed by atoms with Crippen LogP contribution in [0.15, 0.2) is 12.1 Å². The van der Waals surface area contributed by atoms with Gasteiger partial charge in [0.05, 0.1) is 31.8 Å². The molecule has 0 aliphatic rings. The summed E-state index contributed by atoms with van der Waals surface area (Å²) in [5.74, 6) is -0.274. The number of alkyl halides is 1. The number of methoxy groups -OCH3 is 2. The molecule has 0 aliphatic heterocycles. The number of nitrogens with zero attached hydrogens (tertiary/aromatic N) is 1. The van der Waals surface area contributed by atoms with Crippen molar-refractivity contribution < 1.29 is 23.9 Å². The quantitative estimate of drug-likeness (QED) is 0.163. The van der Waals surface area contributed by atoms with E-state index in [0.29, 0.717) is 6.61 Å². The van der Waals surface area contributed by atoms with Gasteiger partial charge in [0.25, 0.3) is 5.69 Å². The maximum atomic E-state index is 11.7. The summed E-state index contributed by atoms with van der Waals surface area (Å²) in [6.07, 6.45) is 6.60. The Morgan fingerprint density at radius 2 is 1.72 bits per heavy atom. The van der Waals surface area contributed by atoms with E-state index >= 15 is 0 Å². The van der Waals surface area contributed by atoms with Gasteiger partial charge in [-0.25, -0.2) is 4.79 Å². The average Bonchev–Trinajstić information content (AvgIpc) is 2.62. The van der Waals surface area contributed by atoms with Gasteiger partial charge < -0.3 is 14.2 Å². The normalized spacial score (nSPS) is 10.4. The molecule has 0 N–H and O–H groups in total. The molecule has 1 aromatic carbocycles. The average molecular weight is 418 g/mol. The first-order chi connectivity index (χ1) is 12.0. The van der Waals surface area contributed by atoms with Crippen molar-refractivity contribution in [2.45, 2.75) is 38.5 Å². The largest absolute Gasteiger partial charge is 0.493 e. The Morgan fingerprint density at radius 1 is 1.08 bits per heavy atom. The first-order valence-electron chi connectivity index (χ1n) is 8.18. The lowest BCUT2D eigenvalue weighted by molar-refractivity contribution is -0.385. The second-order valence-corrected chi connectivity index (χ2v) is 6.22. The number of carbonyl (C=O) groups is 1. The molecule has 0 unspecified atom stereocenters. The van der Waals surface area contributed by atoms with Gasteiger partial charge in [-0.3, -0.25) is 10.1 Å². The second-order valence-electron chi connectivity index (χ2n) is 5.43. The number of nitro benzene ring substituents is 1. The molecule has 0 fully saturated rings. The molecular weight excluding hydrogens is 394 g/mol. The third kappa shape index (κ3) is 6.89. The minimum absolute atomic E-state index is 0.163. The van der Waals surface area contributed by atoms with Gasteiger partial charge in [0.1, 0.15) is 5.56 Å². The molecule has 0 aliphatic carbocycles. The Labute approximate surface area is 155 Å². The zero-order chi connectivity index (χ0) is 18.7. The Balaban J connectivity index is 2.68. The Bertz CT molecular complexity index is 579. The fourth-order valence-corrected chi connectivity index (χ4v) is 2.73. The minimum Gasteiger partial charge on any atom is -0.493 e. The molecule has 0 atom stereocenters. The van der Waals surface area contributed by atoms with Crippen LogP contribution in [0.5, 0.6) is 11.5 Å². The van der Waals surface area contributed by atoms with E-state index in [2.05, 4.69) is 20.7 Å². The lowest BCUT2D eigenvalue weighted by Crippen LogP contribution is -2.08. The fourth-order valence-electron chi connectivity index (χ4n) is 2.33. The summed E-state index contributed by atoms with van der Waals surface area (Å²) in [5.41, 5.74) is -0.527. The number of hydrogen-bond donors (Lipinski definition) is 0. The molecule has 8 heteroatoms. The molecule has 0 radical (unpaired) electrons. The van der Waals surface area contributed by atoms with Crippen LogP contribution in [-0.2, 0) is 4.74 Å². The van der Waals surface area contributed by atoms with Gasteiger partial charge in [0, 0.05) is 11.4 Å². The third-order valence-corrected chi connectivity index (χ3v) is 4.23. The van der Waals surface area contributed by atoms with Crippen LogP contribution in [0.4, 0.5) is 5.69 Å². The van der Waals surface area contributed by atoms with Crippen LogP contribution in [0, 0.1) is 10.1 Å². The highest BCUT2D eigenvalue weighted by molar-refractivity contribution is 9.09. The van der Waals surface area contributed by atoms with Gasteiger partial charge in [0.2, 0.25) is 0 Å². The maximum absolute atomic E-state index is 11.7. The monoisotopic (exact) mass is 417 g/mol. The van der Waals surface area contributed by atoms with Crippen molar-refractivity contribution >= 4 is 27.6 Å². The van der Waals surface area contributed by atoms with Crippen molar-refractivity contribution in [3.8, 4) is 11.5 Å². The Hall–Kier alpha value is -1.83. The van der Waals surface area contributed by atoms with Crippen LogP contribution in [0.25, 0.3) is 0 Å². The molecule has 0 heterocycles. The number of ether oxygens (including phenoxy) is 3. The van der Waals surface area contributed by atoms with E-state index in [1.165, 1.54) is 45.6 Å². The van der Waals surface area contributed by atoms with E-state index in [4.69, 9.17) is 9.47 Å². The van der Waals surface area contributed by atoms with Crippen molar-refractivity contribution in [1.82, 2.24) is 0 Å². The van der Waals surface area contributed by atoms with Crippen molar-refractivity contribution in [1.29, 1.82) is 0 Å². The zero-order valence-electron chi connectivity index (χ0n) is 14.6. The minimum atomic E-state index is -0.792. The summed E-state index contributed by atoms with van der Waals surface area (Å²) < 4.78 is 15.4. The summed E-state index contributed by atoms with van der Waals surface area (Å²) in [6.45, 7) is 0.434. The van der Waals surface area contributed by atoms with Crippen LogP contribution in [0.3, 0.4) is 0 Å². The summed E-state index contributed by atoms with van der Waals surface area (Å²) >= 11 is 3.41. The van der Waals surface area contributed by atoms with Crippen LogP contribution in [0.1, 0.15) is 48.9 Å². The third-order valence-electron chi connectivity index (χ3n) is 3.67. The van der Waals surface area contributed by atoms with Crippen LogP contribution in [0.2, 0.25) is 0 Å². The number of esters is 1. The first-order valence-corrected chi connectivity index (χ1v) is 9.30. The molecule has 1 aromatic rings. The summed E-state index contributed by atoms with van der Waals surface area (Å²) in [7, 11) is 2.58. The number of hydrogen-bond acceptors (Lipinski definition) is 6. The van der Waals surface area contributed by atoms with E-state index in [1.54, 1.807) is 0 Å². The highest BCUT2D eigenvalue weighted by Gasteiger charge is 2.25. The Morgan fingerprint density at radius 3 is 2.28 bits per heavy atom. The molecule has 140 valence electrons. The lowest BCUT2D eigenvalue weighted by Gasteiger charge is -2.12. The lowest BCUT2D eigenvalue weighted by atomic mass is 10.1. The number of halogens is 1. The molecule has 7 nitrogen and oxygen atoms in total. The highest BCUT2D eigenvalue weighted by atomic mass is 79.9. The maximum Gasteiger partial charge on any atom is 0.345 e. The number of rotatable bonds is 12. The molecule has 1 rings (SSSR count). The summed E-state index contributed by atoms with van der Waals surface area (Å²) in [6, 6.07) is 2.49.